The highest BCUT2D eigenvalue weighted by molar-refractivity contribution is 6.02. The van der Waals surface area contributed by atoms with E-state index < -0.39 is 11.5 Å². The van der Waals surface area contributed by atoms with Crippen LogP contribution in [-0.4, -0.2) is 23.8 Å². The number of aryl methyl sites for hydroxylation is 1. The van der Waals surface area contributed by atoms with E-state index in [4.69, 9.17) is 5.73 Å². The molecule has 0 saturated heterocycles. The first-order valence-corrected chi connectivity index (χ1v) is 8.46. The molecule has 6 heteroatoms. The van der Waals surface area contributed by atoms with Gasteiger partial charge in [0.2, 0.25) is 5.91 Å². The molecule has 1 amide bonds. The lowest BCUT2D eigenvalue weighted by Crippen LogP contribution is -2.52. The fourth-order valence-electron chi connectivity index (χ4n) is 3.52. The summed E-state index contributed by atoms with van der Waals surface area (Å²) in [7, 11) is 1.59. The number of hydrogen-bond acceptors (Lipinski definition) is 5. The third-order valence-electron chi connectivity index (χ3n) is 5.11. The average Bonchev–Trinajstić information content (AvgIpc) is 2.66. The molecule has 3 rings (SSSR count). The summed E-state index contributed by atoms with van der Waals surface area (Å²) in [4.78, 5) is 19.2. The van der Waals surface area contributed by atoms with Gasteiger partial charge in [-0.3, -0.25) is 9.69 Å². The molecule has 1 unspecified atom stereocenters. The number of nitrogens with zero attached hydrogens (tertiary/aromatic N) is 4. The van der Waals surface area contributed by atoms with Gasteiger partial charge in [-0.05, 0) is 48.7 Å². The standard InChI is InChI=1S/C21H19N5O/c1-13-9-15(7-8-16(13)12-23)18-19(27)26(3)20(24)25-21(18,2)17-6-4-5-14(10-17)11-22/h4-10,18H,1-3H3,(H2,24,25)/t18-,21?/m0/s1. The summed E-state index contributed by atoms with van der Waals surface area (Å²) < 4.78 is 0. The van der Waals surface area contributed by atoms with E-state index in [9.17, 15) is 15.3 Å². The highest BCUT2D eigenvalue weighted by Crippen LogP contribution is 2.44. The summed E-state index contributed by atoms with van der Waals surface area (Å²) in [6, 6.07) is 16.7. The first-order valence-electron chi connectivity index (χ1n) is 8.46. The quantitative estimate of drug-likeness (QED) is 0.891. The van der Waals surface area contributed by atoms with Crippen LogP contribution in [0, 0.1) is 29.6 Å². The predicted octanol–water partition coefficient (Wildman–Crippen LogP) is 2.52. The number of carbonyl (C=O) groups is 1. The molecule has 0 radical (unpaired) electrons. The zero-order chi connectivity index (χ0) is 19.8. The van der Waals surface area contributed by atoms with Crippen LogP contribution in [-0.2, 0) is 10.3 Å². The normalized spacial score (nSPS) is 22.0. The molecule has 0 saturated carbocycles. The summed E-state index contributed by atoms with van der Waals surface area (Å²) in [6.07, 6.45) is 0. The Morgan fingerprint density at radius 1 is 1.19 bits per heavy atom. The van der Waals surface area contributed by atoms with Gasteiger partial charge in [-0.25, -0.2) is 4.99 Å². The summed E-state index contributed by atoms with van der Waals surface area (Å²) >= 11 is 0. The Hall–Kier alpha value is -3.64. The molecule has 0 aliphatic carbocycles. The molecule has 0 aromatic heterocycles. The lowest BCUT2D eigenvalue weighted by atomic mass is 9.73. The second-order valence-electron chi connectivity index (χ2n) is 6.83. The van der Waals surface area contributed by atoms with Crippen molar-refractivity contribution in [3.8, 4) is 12.1 Å². The molecule has 0 bridgehead atoms. The first-order chi connectivity index (χ1) is 12.8. The van der Waals surface area contributed by atoms with Crippen LogP contribution in [0.5, 0.6) is 0 Å². The maximum absolute atomic E-state index is 13.2. The second kappa shape index (κ2) is 6.59. The molecule has 2 aromatic carbocycles. The van der Waals surface area contributed by atoms with E-state index in [1.54, 1.807) is 37.4 Å². The molecule has 2 aromatic rings. The van der Waals surface area contributed by atoms with Crippen LogP contribution < -0.4 is 5.73 Å². The van der Waals surface area contributed by atoms with Gasteiger partial charge in [-0.15, -0.1) is 0 Å². The lowest BCUT2D eigenvalue weighted by molar-refractivity contribution is -0.130. The van der Waals surface area contributed by atoms with Gasteiger partial charge in [0.05, 0.1) is 29.2 Å². The Bertz CT molecular complexity index is 1040. The fraction of sp³-hybridized carbons (Fsp3) is 0.238. The number of hydrogen-bond donors (Lipinski definition) is 1. The molecule has 1 heterocycles. The number of amides is 1. The Kier molecular flexibility index (Phi) is 4.43. The predicted molar refractivity (Wildman–Crippen MR) is 102 cm³/mol. The molecule has 1 aliphatic rings. The van der Waals surface area contributed by atoms with Crippen molar-refractivity contribution in [1.29, 1.82) is 10.5 Å². The van der Waals surface area contributed by atoms with Gasteiger partial charge in [0.1, 0.15) is 5.54 Å². The minimum atomic E-state index is -0.971. The summed E-state index contributed by atoms with van der Waals surface area (Å²) in [5, 5.41) is 18.4. The molecular weight excluding hydrogens is 338 g/mol. The second-order valence-corrected chi connectivity index (χ2v) is 6.83. The van der Waals surface area contributed by atoms with Gasteiger partial charge >= 0.3 is 0 Å². The molecule has 2 N–H and O–H groups in total. The molecular formula is C21H19N5O. The van der Waals surface area contributed by atoms with Crippen LogP contribution in [0.15, 0.2) is 47.5 Å². The van der Waals surface area contributed by atoms with E-state index in [0.29, 0.717) is 11.1 Å². The highest BCUT2D eigenvalue weighted by atomic mass is 16.2. The first kappa shape index (κ1) is 18.2. The van der Waals surface area contributed by atoms with Crippen molar-refractivity contribution in [2.45, 2.75) is 25.3 Å². The van der Waals surface area contributed by atoms with E-state index in [1.807, 2.05) is 26.0 Å². The molecule has 0 fully saturated rings. The van der Waals surface area contributed by atoms with E-state index >= 15 is 0 Å². The zero-order valence-corrected chi connectivity index (χ0v) is 15.4. The van der Waals surface area contributed by atoms with Gasteiger partial charge in [0, 0.05) is 7.05 Å². The van der Waals surface area contributed by atoms with Crippen molar-refractivity contribution < 1.29 is 4.79 Å². The van der Waals surface area contributed by atoms with Gasteiger partial charge in [0.15, 0.2) is 5.96 Å². The number of nitriles is 2. The van der Waals surface area contributed by atoms with Crippen molar-refractivity contribution >= 4 is 11.9 Å². The van der Waals surface area contributed by atoms with Crippen LogP contribution in [0.25, 0.3) is 0 Å². The van der Waals surface area contributed by atoms with Crippen LogP contribution in [0.4, 0.5) is 0 Å². The third kappa shape index (κ3) is 2.92. The molecule has 2 atom stereocenters. The Labute approximate surface area is 158 Å². The van der Waals surface area contributed by atoms with E-state index in [-0.39, 0.29) is 11.9 Å². The molecule has 27 heavy (non-hydrogen) atoms. The minimum absolute atomic E-state index is 0.131. The molecule has 0 spiro atoms. The number of guanidine groups is 1. The Morgan fingerprint density at radius 3 is 2.56 bits per heavy atom. The number of carbonyl (C=O) groups excluding carboxylic acids is 1. The minimum Gasteiger partial charge on any atom is -0.369 e. The van der Waals surface area contributed by atoms with Crippen molar-refractivity contribution in [3.63, 3.8) is 0 Å². The van der Waals surface area contributed by atoms with Crippen molar-refractivity contribution in [2.24, 2.45) is 10.7 Å². The maximum atomic E-state index is 13.2. The van der Waals surface area contributed by atoms with Crippen LogP contribution in [0.1, 0.15) is 40.7 Å². The van der Waals surface area contributed by atoms with E-state index in [0.717, 1.165) is 16.7 Å². The van der Waals surface area contributed by atoms with Crippen molar-refractivity contribution in [2.75, 3.05) is 7.05 Å². The van der Waals surface area contributed by atoms with E-state index in [1.165, 1.54) is 4.90 Å². The number of rotatable bonds is 2. The highest BCUT2D eigenvalue weighted by Gasteiger charge is 2.47. The monoisotopic (exact) mass is 357 g/mol. The van der Waals surface area contributed by atoms with Gasteiger partial charge in [-0.2, -0.15) is 10.5 Å². The van der Waals surface area contributed by atoms with Crippen LogP contribution in [0.3, 0.4) is 0 Å². The third-order valence-corrected chi connectivity index (χ3v) is 5.11. The van der Waals surface area contributed by atoms with Crippen LogP contribution in [0.2, 0.25) is 0 Å². The average molecular weight is 357 g/mol. The Balaban J connectivity index is 2.25. The number of likely N-dealkylation sites (N-methyl/N-ethyl adjacent to an activating group) is 1. The zero-order valence-electron chi connectivity index (χ0n) is 15.4. The number of aliphatic imine (C=N–C) groups is 1. The molecule has 6 nitrogen and oxygen atoms in total. The van der Waals surface area contributed by atoms with Crippen molar-refractivity contribution in [3.05, 3.63) is 70.3 Å². The van der Waals surface area contributed by atoms with Gasteiger partial charge in [-0.1, -0.05) is 24.3 Å². The van der Waals surface area contributed by atoms with Crippen LogP contribution >= 0.6 is 0 Å². The number of benzene rings is 2. The maximum Gasteiger partial charge on any atom is 0.239 e. The number of nitrogens with two attached hydrogens (primary N) is 1. The van der Waals surface area contributed by atoms with E-state index in [2.05, 4.69) is 17.1 Å². The Morgan fingerprint density at radius 2 is 1.93 bits per heavy atom. The fourth-order valence-corrected chi connectivity index (χ4v) is 3.52. The molecule has 1 aliphatic heterocycles. The lowest BCUT2D eigenvalue weighted by Gasteiger charge is -2.41. The van der Waals surface area contributed by atoms with Gasteiger partial charge < -0.3 is 5.73 Å². The largest absolute Gasteiger partial charge is 0.369 e. The molecule has 134 valence electrons. The smallest absolute Gasteiger partial charge is 0.239 e. The topological polar surface area (TPSA) is 106 Å². The van der Waals surface area contributed by atoms with Crippen molar-refractivity contribution in [1.82, 2.24) is 4.90 Å². The summed E-state index contributed by atoms with van der Waals surface area (Å²) in [5.74, 6) is -0.682. The summed E-state index contributed by atoms with van der Waals surface area (Å²) in [5.41, 5.74) is 8.38. The van der Waals surface area contributed by atoms with Gasteiger partial charge in [0.25, 0.3) is 0 Å². The summed E-state index contributed by atoms with van der Waals surface area (Å²) in [6.45, 7) is 3.68. The SMILES string of the molecule is Cc1cc([C@H]2C(=O)N(C)C(N)=NC2(C)c2cccc(C#N)c2)ccc1C#N.